The van der Waals surface area contributed by atoms with E-state index < -0.39 is 23.4 Å². The lowest BCUT2D eigenvalue weighted by Crippen LogP contribution is -2.42. The van der Waals surface area contributed by atoms with Gasteiger partial charge in [-0.15, -0.1) is 5.10 Å². The number of carbonyl (C=O) groups excluding carboxylic acids is 3. The van der Waals surface area contributed by atoms with Crippen molar-refractivity contribution in [1.82, 2.24) is 30.4 Å². The number of aromatic nitrogens is 4. The molecule has 11 nitrogen and oxygen atoms in total. The van der Waals surface area contributed by atoms with Crippen molar-refractivity contribution in [3.8, 4) is 5.69 Å². The number of amides is 4. The predicted octanol–water partition coefficient (Wildman–Crippen LogP) is 2.06. The highest BCUT2D eigenvalue weighted by Crippen LogP contribution is 2.30. The van der Waals surface area contributed by atoms with Gasteiger partial charge in [0.25, 0.3) is 5.91 Å². The molecule has 0 spiro atoms. The van der Waals surface area contributed by atoms with Gasteiger partial charge in [-0.25, -0.2) is 9.48 Å². The molecule has 1 atom stereocenters. The Morgan fingerprint density at radius 2 is 1.83 bits per heavy atom. The summed E-state index contributed by atoms with van der Waals surface area (Å²) < 4.78 is 1.45. The third kappa shape index (κ3) is 4.44. The number of nitrogens with zero attached hydrogens (tertiary/aromatic N) is 6. The lowest BCUT2D eigenvalue weighted by Gasteiger charge is -2.28. The van der Waals surface area contributed by atoms with E-state index in [2.05, 4.69) is 31.1 Å². The van der Waals surface area contributed by atoms with E-state index in [1.165, 1.54) is 30.3 Å². The van der Waals surface area contributed by atoms with Crippen molar-refractivity contribution in [2.24, 2.45) is 0 Å². The molecule has 35 heavy (non-hydrogen) atoms. The first-order valence-electron chi connectivity index (χ1n) is 11.6. The average molecular weight is 475 g/mol. The van der Waals surface area contributed by atoms with E-state index in [-0.39, 0.29) is 6.54 Å². The molecular formula is C24H26N8O3. The molecule has 0 radical (unpaired) electrons. The topological polar surface area (TPSA) is 125 Å². The number of tetrazole rings is 1. The summed E-state index contributed by atoms with van der Waals surface area (Å²) in [5.74, 6) is -0.960. The van der Waals surface area contributed by atoms with E-state index in [0.717, 1.165) is 23.7 Å². The van der Waals surface area contributed by atoms with Crippen molar-refractivity contribution >= 4 is 29.2 Å². The Kier molecular flexibility index (Phi) is 5.89. The van der Waals surface area contributed by atoms with Crippen molar-refractivity contribution < 1.29 is 14.4 Å². The average Bonchev–Trinajstić information content (AvgIpc) is 3.49. The van der Waals surface area contributed by atoms with Crippen LogP contribution in [0.1, 0.15) is 31.7 Å². The van der Waals surface area contributed by atoms with Crippen molar-refractivity contribution in [1.29, 1.82) is 0 Å². The fourth-order valence-corrected chi connectivity index (χ4v) is 4.53. The summed E-state index contributed by atoms with van der Waals surface area (Å²) in [6, 6.07) is 14.0. The van der Waals surface area contributed by atoms with Crippen molar-refractivity contribution in [2.75, 3.05) is 29.9 Å². The number of benzene rings is 2. The molecule has 0 bridgehead atoms. The summed E-state index contributed by atoms with van der Waals surface area (Å²) in [4.78, 5) is 41.9. The van der Waals surface area contributed by atoms with Gasteiger partial charge in [0.05, 0.1) is 5.69 Å². The normalized spacial score (nSPS) is 20.1. The fraction of sp³-hybridized carbons (Fsp3) is 0.333. The molecule has 3 heterocycles. The van der Waals surface area contributed by atoms with E-state index in [0.29, 0.717) is 16.9 Å². The quantitative estimate of drug-likeness (QED) is 0.524. The van der Waals surface area contributed by atoms with Crippen LogP contribution < -0.4 is 15.5 Å². The van der Waals surface area contributed by atoms with Crippen molar-refractivity contribution in [3.63, 3.8) is 0 Å². The number of hydrogen-bond acceptors (Lipinski definition) is 7. The number of urea groups is 1. The zero-order valence-corrected chi connectivity index (χ0v) is 19.3. The first kappa shape index (κ1) is 22.5. The molecule has 0 aliphatic carbocycles. The highest BCUT2D eigenvalue weighted by molar-refractivity contribution is 6.10. The Morgan fingerprint density at radius 1 is 1.06 bits per heavy atom. The van der Waals surface area contributed by atoms with Gasteiger partial charge in [0.1, 0.15) is 18.4 Å². The smallest absolute Gasteiger partial charge is 0.325 e. The zero-order chi connectivity index (χ0) is 24.4. The van der Waals surface area contributed by atoms with Crippen LogP contribution in [-0.4, -0.2) is 62.6 Å². The number of rotatable bonds is 6. The van der Waals surface area contributed by atoms with Crippen molar-refractivity contribution in [3.05, 3.63) is 60.4 Å². The van der Waals surface area contributed by atoms with Crippen LogP contribution in [0, 0.1) is 0 Å². The van der Waals surface area contributed by atoms with E-state index in [4.69, 9.17) is 0 Å². The molecule has 2 N–H and O–H groups in total. The van der Waals surface area contributed by atoms with Crippen molar-refractivity contribution in [2.45, 2.75) is 31.7 Å². The van der Waals surface area contributed by atoms with Gasteiger partial charge >= 0.3 is 6.03 Å². The summed E-state index contributed by atoms with van der Waals surface area (Å²) in [5.41, 5.74) is 1.61. The molecule has 11 heteroatoms. The lowest BCUT2D eigenvalue weighted by atomic mass is 9.91. The van der Waals surface area contributed by atoms with Crippen LogP contribution in [0.25, 0.3) is 5.69 Å². The zero-order valence-electron chi connectivity index (χ0n) is 19.3. The van der Waals surface area contributed by atoms with Gasteiger partial charge in [0.2, 0.25) is 5.91 Å². The minimum Gasteiger partial charge on any atom is -0.372 e. The number of imide groups is 1. The lowest BCUT2D eigenvalue weighted by molar-refractivity contribution is -0.133. The first-order valence-corrected chi connectivity index (χ1v) is 11.6. The third-order valence-corrected chi connectivity index (χ3v) is 6.49. The van der Waals surface area contributed by atoms with Crippen LogP contribution in [0.5, 0.6) is 0 Å². The minimum atomic E-state index is -1.32. The number of carbonyl (C=O) groups is 3. The highest BCUT2D eigenvalue weighted by Gasteiger charge is 2.49. The van der Waals surface area contributed by atoms with Crippen LogP contribution >= 0.6 is 0 Å². The molecular weight excluding hydrogens is 448 g/mol. The molecule has 2 aliphatic heterocycles. The molecule has 0 unspecified atom stereocenters. The molecule has 0 saturated carbocycles. The predicted molar refractivity (Wildman–Crippen MR) is 128 cm³/mol. The van der Waals surface area contributed by atoms with Gasteiger partial charge in [-0.3, -0.25) is 14.5 Å². The molecule has 1 aromatic heterocycles. The number of nitrogens with one attached hydrogen (secondary N) is 2. The van der Waals surface area contributed by atoms with Gasteiger partial charge in [-0.2, -0.15) is 0 Å². The summed E-state index contributed by atoms with van der Waals surface area (Å²) >= 11 is 0. The maximum atomic E-state index is 13.3. The molecule has 2 aliphatic rings. The summed E-state index contributed by atoms with van der Waals surface area (Å²) in [7, 11) is 0. The largest absolute Gasteiger partial charge is 0.372 e. The molecule has 5 rings (SSSR count). The summed E-state index contributed by atoms with van der Waals surface area (Å²) in [6.45, 7) is 3.30. The van der Waals surface area contributed by atoms with Crippen LogP contribution in [0.2, 0.25) is 0 Å². The molecule has 2 aromatic carbocycles. The van der Waals surface area contributed by atoms with E-state index in [1.54, 1.807) is 31.2 Å². The first-order chi connectivity index (χ1) is 16.9. The highest BCUT2D eigenvalue weighted by atomic mass is 16.2. The third-order valence-electron chi connectivity index (χ3n) is 6.49. The van der Waals surface area contributed by atoms with E-state index in [1.807, 2.05) is 24.3 Å². The van der Waals surface area contributed by atoms with E-state index in [9.17, 15) is 14.4 Å². The standard InChI is InChI=1S/C24H26N8O3/c1-24(17-6-5-7-20(14-17)32-16-25-28-29-32)22(34)31(23(35)27-24)15-21(33)26-18-8-10-19(11-9-18)30-12-3-2-4-13-30/h5-11,14,16H,2-4,12-13,15H2,1H3,(H,26,33)(H,27,35)/t24-/m0/s1. The minimum absolute atomic E-state index is 0.388. The molecule has 2 fully saturated rings. The second-order valence-corrected chi connectivity index (χ2v) is 8.89. The van der Waals surface area contributed by atoms with Crippen LogP contribution in [-0.2, 0) is 15.1 Å². The summed E-state index contributed by atoms with van der Waals surface area (Å²) in [6.07, 6.45) is 5.07. The van der Waals surface area contributed by atoms with E-state index >= 15 is 0 Å². The number of hydrogen-bond donors (Lipinski definition) is 2. The maximum Gasteiger partial charge on any atom is 0.325 e. The number of piperidine rings is 1. The van der Waals surface area contributed by atoms with Gasteiger partial charge in [-0.05, 0) is 78.6 Å². The summed E-state index contributed by atoms with van der Waals surface area (Å²) in [5, 5.41) is 16.6. The number of anilines is 2. The monoisotopic (exact) mass is 474 g/mol. The molecule has 180 valence electrons. The van der Waals surface area contributed by atoms with Gasteiger partial charge < -0.3 is 15.5 Å². The fourth-order valence-electron chi connectivity index (χ4n) is 4.53. The Hall–Kier alpha value is -4.28. The Balaban J connectivity index is 1.25. The van der Waals surface area contributed by atoms with Gasteiger partial charge in [0.15, 0.2) is 0 Å². The second-order valence-electron chi connectivity index (χ2n) is 8.89. The molecule has 3 aromatic rings. The molecule has 2 saturated heterocycles. The van der Waals surface area contributed by atoms with Gasteiger partial charge in [-0.1, -0.05) is 12.1 Å². The second kappa shape index (κ2) is 9.16. The Morgan fingerprint density at radius 3 is 2.54 bits per heavy atom. The van der Waals surface area contributed by atoms with Crippen LogP contribution in [0.4, 0.5) is 16.2 Å². The van der Waals surface area contributed by atoms with Gasteiger partial charge in [0, 0.05) is 24.5 Å². The van der Waals surface area contributed by atoms with Crippen LogP contribution in [0.3, 0.4) is 0 Å². The van der Waals surface area contributed by atoms with Crippen LogP contribution in [0.15, 0.2) is 54.9 Å². The molecule has 4 amide bonds. The SMILES string of the molecule is C[C@@]1(c2cccc(-n3cnnn3)c2)NC(=O)N(CC(=O)Nc2ccc(N3CCCCC3)cc2)C1=O. The Bertz CT molecular complexity index is 1240. The maximum absolute atomic E-state index is 13.3. The Labute approximate surface area is 202 Å².